The molecule has 1 saturated carbocycles. The molecule has 5 nitrogen and oxygen atoms in total. The first-order valence-corrected chi connectivity index (χ1v) is 8.22. The molecule has 0 aromatic heterocycles. The van der Waals surface area contributed by atoms with E-state index in [1.54, 1.807) is 6.07 Å². The maximum Gasteiger partial charge on any atom is 0.226 e. The van der Waals surface area contributed by atoms with E-state index in [1.165, 1.54) is 0 Å². The number of para-hydroxylation sites is 2. The second-order valence-electron chi connectivity index (χ2n) is 6.33. The van der Waals surface area contributed by atoms with E-state index in [-0.39, 0.29) is 24.2 Å². The van der Waals surface area contributed by atoms with Gasteiger partial charge in [-0.3, -0.25) is 4.79 Å². The summed E-state index contributed by atoms with van der Waals surface area (Å²) in [7, 11) is 0. The molecule has 0 bridgehead atoms. The number of benzene rings is 1. The molecule has 3 N–H and O–H groups in total. The van der Waals surface area contributed by atoms with Gasteiger partial charge in [0.2, 0.25) is 5.91 Å². The molecule has 0 radical (unpaired) electrons. The highest BCUT2D eigenvalue weighted by atomic mass is 35.5. The van der Waals surface area contributed by atoms with Gasteiger partial charge in [0.05, 0.1) is 5.69 Å². The van der Waals surface area contributed by atoms with Gasteiger partial charge in [-0.2, -0.15) is 0 Å². The van der Waals surface area contributed by atoms with Gasteiger partial charge in [-0.25, -0.2) is 0 Å². The summed E-state index contributed by atoms with van der Waals surface area (Å²) in [5.41, 5.74) is 6.66. The van der Waals surface area contributed by atoms with Crippen molar-refractivity contribution in [1.82, 2.24) is 4.90 Å². The van der Waals surface area contributed by atoms with Crippen LogP contribution in [0.5, 0.6) is 5.75 Å². The quantitative estimate of drug-likeness (QED) is 0.881. The van der Waals surface area contributed by atoms with Crippen LogP contribution in [0, 0.1) is 11.8 Å². The SMILES string of the molecule is Cl.NC[C@H]1CCC[C@H]1C(=O)N1CCN(c2ccccc2O)CC1. The third-order valence-electron chi connectivity index (χ3n) is 5.09. The van der Waals surface area contributed by atoms with Gasteiger partial charge in [0, 0.05) is 32.1 Å². The van der Waals surface area contributed by atoms with E-state index in [0.29, 0.717) is 18.2 Å². The highest BCUT2D eigenvalue weighted by Gasteiger charge is 2.35. The van der Waals surface area contributed by atoms with Gasteiger partial charge in [0.15, 0.2) is 0 Å². The number of nitrogens with two attached hydrogens (primary N) is 1. The van der Waals surface area contributed by atoms with E-state index in [4.69, 9.17) is 5.73 Å². The first-order valence-electron chi connectivity index (χ1n) is 8.22. The summed E-state index contributed by atoms with van der Waals surface area (Å²) in [6.45, 7) is 3.60. The van der Waals surface area contributed by atoms with Crippen LogP contribution in [0.25, 0.3) is 0 Å². The number of phenolic OH excluding ortho intramolecular Hbond substituents is 1. The molecule has 2 atom stereocenters. The molecule has 1 aromatic carbocycles. The van der Waals surface area contributed by atoms with Crippen molar-refractivity contribution in [3.63, 3.8) is 0 Å². The zero-order valence-corrected chi connectivity index (χ0v) is 14.2. The molecule has 1 aromatic rings. The van der Waals surface area contributed by atoms with Crippen LogP contribution in [-0.4, -0.2) is 48.6 Å². The number of hydrogen-bond donors (Lipinski definition) is 2. The fraction of sp³-hybridized carbons (Fsp3) is 0.588. The second-order valence-corrected chi connectivity index (χ2v) is 6.33. The lowest BCUT2D eigenvalue weighted by atomic mass is 9.94. The summed E-state index contributed by atoms with van der Waals surface area (Å²) in [6, 6.07) is 7.38. The molecule has 3 rings (SSSR count). The number of halogens is 1. The predicted octanol–water partition coefficient (Wildman–Crippen LogP) is 1.84. The lowest BCUT2D eigenvalue weighted by Crippen LogP contribution is -2.51. The van der Waals surface area contributed by atoms with Crippen molar-refractivity contribution in [3.8, 4) is 5.75 Å². The van der Waals surface area contributed by atoms with Gasteiger partial charge in [-0.05, 0) is 37.4 Å². The number of piperazine rings is 1. The third kappa shape index (κ3) is 3.72. The van der Waals surface area contributed by atoms with Crippen LogP contribution in [0.2, 0.25) is 0 Å². The molecule has 0 spiro atoms. The van der Waals surface area contributed by atoms with Crippen LogP contribution in [0.4, 0.5) is 5.69 Å². The first-order chi connectivity index (χ1) is 10.7. The Morgan fingerprint density at radius 1 is 1.17 bits per heavy atom. The molecule has 2 aliphatic rings. The monoisotopic (exact) mass is 339 g/mol. The maximum absolute atomic E-state index is 12.7. The van der Waals surface area contributed by atoms with Crippen LogP contribution < -0.4 is 10.6 Å². The smallest absolute Gasteiger partial charge is 0.226 e. The number of aromatic hydroxyl groups is 1. The van der Waals surface area contributed by atoms with E-state index >= 15 is 0 Å². The van der Waals surface area contributed by atoms with Gasteiger partial charge in [0.25, 0.3) is 0 Å². The van der Waals surface area contributed by atoms with E-state index in [0.717, 1.165) is 51.1 Å². The molecular weight excluding hydrogens is 314 g/mol. The lowest BCUT2D eigenvalue weighted by molar-refractivity contribution is -0.136. The van der Waals surface area contributed by atoms with Gasteiger partial charge in [0.1, 0.15) is 5.75 Å². The third-order valence-corrected chi connectivity index (χ3v) is 5.09. The Morgan fingerprint density at radius 2 is 1.87 bits per heavy atom. The summed E-state index contributed by atoms with van der Waals surface area (Å²) in [4.78, 5) is 16.8. The first kappa shape index (κ1) is 17.9. The molecule has 23 heavy (non-hydrogen) atoms. The lowest BCUT2D eigenvalue weighted by Gasteiger charge is -2.38. The van der Waals surface area contributed by atoms with Crippen molar-refractivity contribution in [2.45, 2.75) is 19.3 Å². The van der Waals surface area contributed by atoms with Crippen molar-refractivity contribution < 1.29 is 9.90 Å². The highest BCUT2D eigenvalue weighted by Crippen LogP contribution is 2.33. The Morgan fingerprint density at radius 3 is 2.52 bits per heavy atom. The number of phenols is 1. The topological polar surface area (TPSA) is 69.8 Å². The van der Waals surface area contributed by atoms with E-state index in [9.17, 15) is 9.90 Å². The minimum Gasteiger partial charge on any atom is -0.506 e. The summed E-state index contributed by atoms with van der Waals surface area (Å²) in [5.74, 6) is 1.08. The number of rotatable bonds is 3. The minimum absolute atomic E-state index is 0. The molecule has 1 saturated heterocycles. The predicted molar refractivity (Wildman–Crippen MR) is 94.0 cm³/mol. The highest BCUT2D eigenvalue weighted by molar-refractivity contribution is 5.85. The van der Waals surface area contributed by atoms with Gasteiger partial charge in [-0.1, -0.05) is 18.6 Å². The van der Waals surface area contributed by atoms with Crippen molar-refractivity contribution >= 4 is 24.0 Å². The number of carbonyl (C=O) groups is 1. The average molecular weight is 340 g/mol. The standard InChI is InChI=1S/C17H25N3O2.ClH/c18-12-13-4-3-5-14(13)17(22)20-10-8-19(9-11-20)15-6-1-2-7-16(15)21;/h1-2,6-7,13-14,21H,3-5,8-12,18H2;1H/t13-,14-;/m1./s1. The summed E-state index contributed by atoms with van der Waals surface area (Å²) >= 11 is 0. The Labute approximate surface area is 143 Å². The molecule has 0 unspecified atom stereocenters. The molecule has 1 heterocycles. The Balaban J connectivity index is 0.00000192. The average Bonchev–Trinajstić information content (AvgIpc) is 3.03. The Bertz CT molecular complexity index is 532. The van der Waals surface area contributed by atoms with Gasteiger partial charge in [-0.15, -0.1) is 12.4 Å². The van der Waals surface area contributed by atoms with Crippen molar-refractivity contribution in [3.05, 3.63) is 24.3 Å². The van der Waals surface area contributed by atoms with E-state index in [1.807, 2.05) is 23.1 Å². The molecule has 1 amide bonds. The van der Waals surface area contributed by atoms with E-state index < -0.39 is 0 Å². The zero-order valence-electron chi connectivity index (χ0n) is 13.4. The van der Waals surface area contributed by atoms with Crippen LogP contribution in [0.3, 0.4) is 0 Å². The van der Waals surface area contributed by atoms with Crippen LogP contribution in [0.15, 0.2) is 24.3 Å². The van der Waals surface area contributed by atoms with Gasteiger partial charge < -0.3 is 20.6 Å². The maximum atomic E-state index is 12.7. The van der Waals surface area contributed by atoms with Crippen LogP contribution in [0.1, 0.15) is 19.3 Å². The summed E-state index contributed by atoms with van der Waals surface area (Å²) in [6.07, 6.45) is 3.20. The van der Waals surface area contributed by atoms with Crippen molar-refractivity contribution in [2.75, 3.05) is 37.6 Å². The molecule has 6 heteroatoms. The molecule has 128 valence electrons. The van der Waals surface area contributed by atoms with E-state index in [2.05, 4.69) is 4.90 Å². The van der Waals surface area contributed by atoms with Crippen LogP contribution >= 0.6 is 12.4 Å². The molecule has 1 aliphatic heterocycles. The molecule has 1 aliphatic carbocycles. The Kier molecular flexibility index (Phi) is 6.13. The number of nitrogens with zero attached hydrogens (tertiary/aromatic N) is 2. The fourth-order valence-electron chi connectivity index (χ4n) is 3.78. The van der Waals surface area contributed by atoms with Crippen molar-refractivity contribution in [2.24, 2.45) is 17.6 Å². The second kappa shape index (κ2) is 7.88. The fourth-order valence-corrected chi connectivity index (χ4v) is 3.78. The number of carbonyl (C=O) groups excluding carboxylic acids is 1. The summed E-state index contributed by atoms with van der Waals surface area (Å²) in [5, 5.41) is 9.94. The van der Waals surface area contributed by atoms with Gasteiger partial charge >= 0.3 is 0 Å². The number of amides is 1. The molecular formula is C17H26ClN3O2. The van der Waals surface area contributed by atoms with Crippen molar-refractivity contribution in [1.29, 1.82) is 0 Å². The minimum atomic E-state index is 0. The number of hydrogen-bond acceptors (Lipinski definition) is 4. The number of anilines is 1. The van der Waals surface area contributed by atoms with Crippen LogP contribution in [-0.2, 0) is 4.79 Å². The summed E-state index contributed by atoms with van der Waals surface area (Å²) < 4.78 is 0. The Hall–Kier alpha value is -1.46. The zero-order chi connectivity index (χ0) is 15.5. The largest absolute Gasteiger partial charge is 0.506 e. The molecule has 2 fully saturated rings. The normalized spacial score (nSPS) is 24.4.